The van der Waals surface area contributed by atoms with Crippen LogP contribution in [0, 0.1) is 22.7 Å². The zero-order chi connectivity index (χ0) is 59.5. The minimum absolute atomic E-state index is 0.0103. The van der Waals surface area contributed by atoms with Crippen molar-refractivity contribution in [3.05, 3.63) is 71.5 Å². The predicted molar refractivity (Wildman–Crippen MR) is 314 cm³/mol. The predicted octanol–water partition coefficient (Wildman–Crippen LogP) is 7.61. The van der Waals surface area contributed by atoms with Gasteiger partial charge in [0.25, 0.3) is 5.91 Å². The molecule has 16 nitrogen and oxygen atoms in total. The molecule has 434 valence electrons. The molecule has 3 aliphatic carbocycles. The molecule has 4 aromatic rings. The maximum atomic E-state index is 15.4. The van der Waals surface area contributed by atoms with Crippen LogP contribution in [0.3, 0.4) is 0 Å². The van der Waals surface area contributed by atoms with Crippen LogP contribution in [0.4, 0.5) is 5.69 Å². The maximum Gasteiger partial charge on any atom is 0.324 e. The van der Waals surface area contributed by atoms with Crippen molar-refractivity contribution in [1.82, 2.24) is 44.9 Å². The highest BCUT2D eigenvalue weighted by Crippen LogP contribution is 2.49. The fraction of sp³-hybridized carbons (Fsp3) is 0.646. The van der Waals surface area contributed by atoms with Gasteiger partial charge in [-0.3, -0.25) is 43.9 Å². The van der Waals surface area contributed by atoms with E-state index in [-0.39, 0.29) is 54.2 Å². The smallest absolute Gasteiger partial charge is 0.324 e. The third-order valence-electron chi connectivity index (χ3n) is 20.2. The Morgan fingerprint density at radius 3 is 2.46 bits per heavy atom. The number of carbonyl (C=O) groups is 4. The number of nitrogens with zero attached hydrogens (tertiary/aromatic N) is 8. The average Bonchev–Trinajstić information content (AvgIpc) is 1.57. The van der Waals surface area contributed by atoms with E-state index in [2.05, 4.69) is 99.1 Å². The number of benzene rings is 2. The van der Waals surface area contributed by atoms with Crippen molar-refractivity contribution in [2.45, 2.75) is 166 Å². The van der Waals surface area contributed by atoms with Crippen LogP contribution in [0.15, 0.2) is 54.7 Å². The van der Waals surface area contributed by atoms with E-state index < -0.39 is 48.3 Å². The molecule has 2 aromatic carbocycles. The van der Waals surface area contributed by atoms with Crippen LogP contribution in [0.2, 0.25) is 0 Å². The molecule has 9 aliphatic rings. The number of nitrogens with one attached hydrogen (secondary N) is 2. The van der Waals surface area contributed by atoms with Crippen LogP contribution in [0.5, 0.6) is 0 Å². The molecule has 13 rings (SSSR count). The number of likely N-dealkylation sites (N-methyl/N-ethyl adjacent to an activating group) is 1. The van der Waals surface area contributed by atoms with E-state index in [4.69, 9.17) is 19.9 Å². The number of carbonyl (C=O) groups excluding carboxylic acids is 4. The van der Waals surface area contributed by atoms with Gasteiger partial charge in [0.2, 0.25) is 11.8 Å². The van der Waals surface area contributed by atoms with Gasteiger partial charge in [-0.05, 0) is 150 Å². The molecule has 8 atom stereocenters. The van der Waals surface area contributed by atoms with Crippen molar-refractivity contribution in [2.24, 2.45) is 22.7 Å². The van der Waals surface area contributed by atoms with Crippen LogP contribution in [0.1, 0.15) is 133 Å². The molecule has 2 aromatic heterocycles. The van der Waals surface area contributed by atoms with Crippen molar-refractivity contribution in [3.8, 4) is 22.4 Å². The fourth-order valence-electron chi connectivity index (χ4n) is 15.4. The number of hydrogen-bond acceptors (Lipinski definition) is 12. The first-order valence-corrected chi connectivity index (χ1v) is 30.8. The summed E-state index contributed by atoms with van der Waals surface area (Å²) in [5.41, 5.74) is 11.3. The van der Waals surface area contributed by atoms with Gasteiger partial charge in [-0.25, -0.2) is 5.43 Å². The Kier molecular flexibility index (Phi) is 13.6. The lowest BCUT2D eigenvalue weighted by atomic mass is 9.84. The summed E-state index contributed by atoms with van der Waals surface area (Å²) in [7, 11) is 3.79. The Labute approximate surface area is 485 Å². The number of anilines is 1. The number of ether oxygens (including phenoxy) is 2. The van der Waals surface area contributed by atoms with Crippen LogP contribution in [-0.4, -0.2) is 174 Å². The minimum Gasteiger partial charge on any atom is -0.464 e. The number of likely N-dealkylation sites (tertiary alicyclic amines) is 2. The third kappa shape index (κ3) is 10.8. The number of fused-ring (bicyclic) bond motifs is 6. The Bertz CT molecular complexity index is 3230. The largest absolute Gasteiger partial charge is 0.464 e. The highest BCUT2D eigenvalue weighted by molar-refractivity contribution is 5.96. The second-order valence-electron chi connectivity index (χ2n) is 26.4. The number of hydrogen-bond donors (Lipinski definition) is 2. The molecular formula is C65H88N10O6. The molecule has 81 heavy (non-hydrogen) atoms. The van der Waals surface area contributed by atoms with E-state index in [1.54, 1.807) is 12.1 Å². The van der Waals surface area contributed by atoms with Crippen LogP contribution >= 0.6 is 0 Å². The summed E-state index contributed by atoms with van der Waals surface area (Å²) in [5.74, 6) is 0.257. The molecule has 1 spiro atoms. The number of pyridine rings is 1. The van der Waals surface area contributed by atoms with Gasteiger partial charge >= 0.3 is 5.97 Å². The van der Waals surface area contributed by atoms with Gasteiger partial charge in [-0.15, -0.1) is 0 Å². The second-order valence-corrected chi connectivity index (χ2v) is 26.4. The normalized spacial score (nSPS) is 31.3. The topological polar surface area (TPSA) is 148 Å². The standard InChI is InChI=1S/C65H88N10O6/c1-7-74-54-22-19-46-34-49(54)51(58(74)50-35-48(37-66-55(50)41(2)80-6)71-30-28-70(29-31-71)47-20-21-47)36-64(3,4)40-81-63(79)52-16-11-25-75(68-52)61(77)53(33-42-12-10-15-45(46)32-42)67-60(76)57(43-13-8-9-14-43)72-26-23-65(38-72)24-27-73(39-65)62(78)59-56(69(59)5)44-17-18-44/h10,12,15,19,22,32,34-35,37,41,43-44,47,52-53,56-57,59,68H,7-9,11,13-14,16-18,20-21,23-31,33,36,38-40H2,1-6H3,(H,67,76)/t41-,52-,53-,56+,57-,59+,65-,69?/m0/s1/i20D2,21D2. The summed E-state index contributed by atoms with van der Waals surface area (Å²) < 4.78 is 48.0. The summed E-state index contributed by atoms with van der Waals surface area (Å²) in [6.07, 6.45) is 7.99. The summed E-state index contributed by atoms with van der Waals surface area (Å²) in [5, 5.41) is 6.00. The summed E-state index contributed by atoms with van der Waals surface area (Å²) in [6.45, 7) is 14.8. The first-order valence-electron chi connectivity index (χ1n) is 32.8. The number of esters is 1. The van der Waals surface area contributed by atoms with E-state index in [1.807, 2.05) is 30.2 Å². The Hall–Kier alpha value is -5.39. The molecule has 8 heterocycles. The highest BCUT2D eigenvalue weighted by Gasteiger charge is 2.59. The van der Waals surface area contributed by atoms with Gasteiger partial charge in [0.1, 0.15) is 18.1 Å². The molecule has 5 saturated heterocycles. The molecule has 0 radical (unpaired) electrons. The van der Waals surface area contributed by atoms with Gasteiger partial charge in [-0.1, -0.05) is 57.0 Å². The molecule has 16 heteroatoms. The van der Waals surface area contributed by atoms with Gasteiger partial charge in [0.05, 0.1) is 42.0 Å². The number of rotatable bonds is 12. The SMILES string of the molecule is [2H]C1([2H])C(N2CCN(c3cnc([C@H](C)OC)c(-c4c5c6cc(ccc6n4CC)-c4cccc(c4)C[C@H](NC(=O)[C@H](C4CCCC4)N4CC[C@]6(CCN(C(=O)[C@H]7[C@@H](C8CC8)N7C)C6)C4)C(=O)N4CCC[C@H](N4)C(=O)OCC(C)(C)C5)c3)CC2)C1([2H])[2H]. The first kappa shape index (κ1) is 50.2. The van der Waals surface area contributed by atoms with Crippen molar-refractivity contribution < 1.29 is 34.1 Å². The Morgan fingerprint density at radius 2 is 1.70 bits per heavy atom. The fourth-order valence-corrected chi connectivity index (χ4v) is 15.4. The molecule has 1 unspecified atom stereocenters. The van der Waals surface area contributed by atoms with Gasteiger partial charge in [0.15, 0.2) is 0 Å². The lowest BCUT2D eigenvalue weighted by molar-refractivity contribution is -0.155. The highest BCUT2D eigenvalue weighted by atomic mass is 16.5. The second kappa shape index (κ2) is 22.0. The number of hydrazine groups is 1. The van der Waals surface area contributed by atoms with Gasteiger partial charge in [0, 0.05) is 117 Å². The zero-order valence-corrected chi connectivity index (χ0v) is 48.7. The van der Waals surface area contributed by atoms with Crippen molar-refractivity contribution in [3.63, 3.8) is 0 Å². The number of cyclic esters (lactones) is 1. The summed E-state index contributed by atoms with van der Waals surface area (Å²) in [4.78, 5) is 75.0. The van der Waals surface area contributed by atoms with Crippen molar-refractivity contribution in [1.29, 1.82) is 0 Å². The van der Waals surface area contributed by atoms with Crippen molar-refractivity contribution >= 4 is 40.3 Å². The molecule has 6 bridgehead atoms. The van der Waals surface area contributed by atoms with Crippen LogP contribution in [0.25, 0.3) is 33.3 Å². The number of amides is 3. The van der Waals surface area contributed by atoms with E-state index in [9.17, 15) is 9.59 Å². The Balaban J connectivity index is 0.824. The maximum absolute atomic E-state index is 15.4. The number of methoxy groups -OCH3 is 1. The van der Waals surface area contributed by atoms with E-state index in [0.717, 1.165) is 120 Å². The van der Waals surface area contributed by atoms with Crippen LogP contribution < -0.4 is 15.6 Å². The molecule has 6 aliphatic heterocycles. The molecule has 3 amide bonds. The molecular weight excluding hydrogens is 1020 g/mol. The first-order chi connectivity index (χ1) is 40.7. The monoisotopic (exact) mass is 1110 g/mol. The molecule has 2 N–H and O–H groups in total. The number of aryl methyl sites for hydroxylation is 1. The van der Waals surface area contributed by atoms with Crippen molar-refractivity contribution in [2.75, 3.05) is 84.6 Å². The van der Waals surface area contributed by atoms with E-state index in [1.165, 1.54) is 12.8 Å². The lowest BCUT2D eigenvalue weighted by Gasteiger charge is -2.37. The Morgan fingerprint density at radius 1 is 0.926 bits per heavy atom. The number of piperazine rings is 1. The third-order valence-corrected chi connectivity index (χ3v) is 20.2. The van der Waals surface area contributed by atoms with Gasteiger partial charge in [-0.2, -0.15) is 0 Å². The quantitative estimate of drug-likeness (QED) is 0.106. The number of aromatic nitrogens is 2. The summed E-state index contributed by atoms with van der Waals surface area (Å²) >= 11 is 0. The summed E-state index contributed by atoms with van der Waals surface area (Å²) in [6, 6.07) is 14.7. The molecule has 3 saturated carbocycles. The average molecular weight is 1110 g/mol. The van der Waals surface area contributed by atoms with E-state index >= 15 is 9.59 Å². The van der Waals surface area contributed by atoms with E-state index in [0.29, 0.717) is 70.5 Å². The van der Waals surface area contributed by atoms with Crippen LogP contribution in [-0.2, 0) is 48.0 Å². The van der Waals surface area contributed by atoms with Gasteiger partial charge < -0.3 is 29.2 Å². The minimum atomic E-state index is -1.88. The zero-order valence-electron chi connectivity index (χ0n) is 52.7. The molecule has 8 fully saturated rings. The lowest BCUT2D eigenvalue weighted by Crippen LogP contribution is -2.62.